The van der Waals surface area contributed by atoms with Crippen LogP contribution in [-0.2, 0) is 21.8 Å². The average Bonchev–Trinajstić information content (AvgIpc) is 3.22. The number of carbonyl (C=O) groups excluding carboxylic acids is 1. The molecule has 0 saturated carbocycles. The molecule has 0 saturated heterocycles. The van der Waals surface area contributed by atoms with E-state index in [9.17, 15) is 18.3 Å². The fraction of sp³-hybridized carbons (Fsp3) is 0.464. The van der Waals surface area contributed by atoms with Crippen molar-refractivity contribution >= 4 is 15.6 Å². The molecule has 4 atom stereocenters. The van der Waals surface area contributed by atoms with Gasteiger partial charge in [0, 0.05) is 24.1 Å². The molecule has 190 valence electrons. The smallest absolute Gasteiger partial charge is 0.189 e. The molecular formula is C28H31NO6S. The zero-order valence-electron chi connectivity index (χ0n) is 20.4. The van der Waals surface area contributed by atoms with Crippen LogP contribution in [0.5, 0.6) is 11.5 Å². The molecule has 8 heteroatoms. The molecule has 3 aliphatic heterocycles. The Morgan fingerprint density at radius 2 is 2.03 bits per heavy atom. The maximum atomic E-state index is 12.9. The molecule has 1 N–H and O–H groups in total. The largest absolute Gasteiger partial charge is 0.493 e. The van der Waals surface area contributed by atoms with E-state index in [2.05, 4.69) is 17.0 Å². The molecule has 1 unspecified atom stereocenters. The topological polar surface area (TPSA) is 93.1 Å². The molecule has 0 radical (unpaired) electrons. The second kappa shape index (κ2) is 8.71. The lowest BCUT2D eigenvalue weighted by atomic mass is 9.69. The number of aliphatic hydroxyl groups is 1. The number of hydrogen-bond acceptors (Lipinski definition) is 7. The molecule has 0 amide bonds. The highest BCUT2D eigenvalue weighted by Crippen LogP contribution is 2.55. The molecule has 0 fully saturated rings. The molecule has 2 aromatic rings. The van der Waals surface area contributed by atoms with E-state index < -0.39 is 21.2 Å². The molecule has 0 bridgehead atoms. The van der Waals surface area contributed by atoms with Crippen molar-refractivity contribution in [1.29, 1.82) is 0 Å². The van der Waals surface area contributed by atoms with Crippen LogP contribution in [0.15, 0.2) is 53.4 Å². The van der Waals surface area contributed by atoms with Crippen molar-refractivity contribution in [2.75, 3.05) is 20.2 Å². The lowest BCUT2D eigenvalue weighted by Gasteiger charge is -2.36. The lowest BCUT2D eigenvalue weighted by Crippen LogP contribution is -2.43. The third-order valence-electron chi connectivity index (χ3n) is 8.35. The van der Waals surface area contributed by atoms with E-state index in [-0.39, 0.29) is 22.2 Å². The van der Waals surface area contributed by atoms with Gasteiger partial charge in [0.25, 0.3) is 0 Å². The molecule has 3 heterocycles. The van der Waals surface area contributed by atoms with Crippen LogP contribution >= 0.6 is 0 Å². The first-order chi connectivity index (χ1) is 17.3. The van der Waals surface area contributed by atoms with Crippen molar-refractivity contribution in [2.24, 2.45) is 0 Å². The Kier molecular flexibility index (Phi) is 5.74. The molecular weight excluding hydrogens is 478 g/mol. The number of ketones is 1. The number of fused-ring (bicyclic) bond motifs is 1. The van der Waals surface area contributed by atoms with Crippen LogP contribution in [0.2, 0.25) is 0 Å². The molecule has 2 aromatic carbocycles. The third kappa shape index (κ3) is 3.53. The second-order valence-corrected chi connectivity index (χ2v) is 12.5. The fourth-order valence-electron chi connectivity index (χ4n) is 6.52. The maximum absolute atomic E-state index is 12.9. The zero-order valence-corrected chi connectivity index (χ0v) is 21.2. The zero-order chi connectivity index (χ0) is 25.1. The normalized spacial score (nSPS) is 29.7. The standard InChI is InChI=1S/C28H31NO6S/c1-34-21-10-9-18-17-29(15-13-28-12-11-19(30)16-24(28)35-27(21)25(18)28)14-5-4-8-23-26(31)20-6-2-3-7-22(20)36(23,32)33/h2-3,6-7,9-12,19,23-24,30H,4-5,8,13-17H2,1H3/t19-,23?,24-,28-/m0/s1. The number of Topliss-reactive ketones (excluding diaryl/α,β-unsaturated/α-hetero) is 1. The van der Waals surface area contributed by atoms with E-state index in [1.54, 1.807) is 25.3 Å². The van der Waals surface area contributed by atoms with Gasteiger partial charge in [0.15, 0.2) is 27.1 Å². The molecule has 0 aromatic heterocycles. The van der Waals surface area contributed by atoms with Crippen LogP contribution in [0.25, 0.3) is 0 Å². The Morgan fingerprint density at radius 3 is 2.83 bits per heavy atom. The molecule has 4 aliphatic rings. The summed E-state index contributed by atoms with van der Waals surface area (Å²) in [6, 6.07) is 10.6. The number of sulfone groups is 1. The molecule has 36 heavy (non-hydrogen) atoms. The van der Waals surface area contributed by atoms with E-state index in [4.69, 9.17) is 9.47 Å². The minimum Gasteiger partial charge on any atom is -0.493 e. The maximum Gasteiger partial charge on any atom is 0.189 e. The summed E-state index contributed by atoms with van der Waals surface area (Å²) in [4.78, 5) is 15.3. The first-order valence-corrected chi connectivity index (χ1v) is 14.2. The Labute approximate surface area is 211 Å². The van der Waals surface area contributed by atoms with Crippen LogP contribution in [0.3, 0.4) is 0 Å². The minimum atomic E-state index is -3.59. The van der Waals surface area contributed by atoms with Crippen LogP contribution in [0.4, 0.5) is 0 Å². The summed E-state index contributed by atoms with van der Waals surface area (Å²) in [6.45, 7) is 2.46. The molecule has 6 rings (SSSR count). The quantitative estimate of drug-likeness (QED) is 0.471. The van der Waals surface area contributed by atoms with Crippen LogP contribution < -0.4 is 9.47 Å². The van der Waals surface area contributed by atoms with Gasteiger partial charge in [-0.15, -0.1) is 0 Å². The highest BCUT2D eigenvalue weighted by atomic mass is 32.2. The van der Waals surface area contributed by atoms with E-state index in [1.807, 2.05) is 12.1 Å². The summed E-state index contributed by atoms with van der Waals surface area (Å²) in [5.74, 6) is 1.25. The molecule has 7 nitrogen and oxygen atoms in total. The van der Waals surface area contributed by atoms with Gasteiger partial charge in [-0.25, -0.2) is 8.42 Å². The van der Waals surface area contributed by atoms with Crippen molar-refractivity contribution in [1.82, 2.24) is 4.90 Å². The number of hydrogen-bond donors (Lipinski definition) is 1. The number of carbonyl (C=O) groups is 1. The van der Waals surface area contributed by atoms with Crippen LogP contribution in [0, 0.1) is 0 Å². The SMILES string of the molecule is COc1ccc2c3c1O[C@H]1C[C@@H](O)C=C[C@@]31CCN(CCCCC1C(=O)c3ccccc3S1(=O)=O)C2. The van der Waals surface area contributed by atoms with Crippen LogP contribution in [0.1, 0.15) is 53.6 Å². The van der Waals surface area contributed by atoms with Crippen molar-refractivity contribution in [2.45, 2.75) is 66.4 Å². The summed E-state index contributed by atoms with van der Waals surface area (Å²) >= 11 is 0. The van der Waals surface area contributed by atoms with E-state index in [0.29, 0.717) is 24.8 Å². The summed E-state index contributed by atoms with van der Waals surface area (Å²) in [6.07, 6.45) is 6.66. The van der Waals surface area contributed by atoms with Gasteiger partial charge >= 0.3 is 0 Å². The highest BCUT2D eigenvalue weighted by molar-refractivity contribution is 7.93. The van der Waals surface area contributed by atoms with Gasteiger partial charge in [-0.05, 0) is 50.0 Å². The lowest BCUT2D eigenvalue weighted by molar-refractivity contribution is 0.0809. The van der Waals surface area contributed by atoms with Crippen molar-refractivity contribution in [3.05, 3.63) is 65.2 Å². The Morgan fingerprint density at radius 1 is 1.19 bits per heavy atom. The number of nitrogens with zero attached hydrogens (tertiary/aromatic N) is 1. The van der Waals surface area contributed by atoms with Crippen molar-refractivity contribution in [3.63, 3.8) is 0 Å². The number of methoxy groups -OCH3 is 1. The summed E-state index contributed by atoms with van der Waals surface area (Å²) in [5.41, 5.74) is 2.44. The van der Waals surface area contributed by atoms with Gasteiger partial charge in [-0.3, -0.25) is 9.69 Å². The predicted octanol–water partition coefficient (Wildman–Crippen LogP) is 3.43. The summed E-state index contributed by atoms with van der Waals surface area (Å²) < 4.78 is 37.7. The molecule has 1 aliphatic carbocycles. The number of ether oxygens (including phenoxy) is 2. The molecule has 1 spiro atoms. The monoisotopic (exact) mass is 509 g/mol. The number of benzene rings is 2. The van der Waals surface area contributed by atoms with Gasteiger partial charge < -0.3 is 14.6 Å². The summed E-state index contributed by atoms with van der Waals surface area (Å²) in [5, 5.41) is 9.29. The van der Waals surface area contributed by atoms with Gasteiger partial charge in [0.1, 0.15) is 11.4 Å². The van der Waals surface area contributed by atoms with E-state index >= 15 is 0 Å². The predicted molar refractivity (Wildman–Crippen MR) is 134 cm³/mol. The average molecular weight is 510 g/mol. The van der Waals surface area contributed by atoms with Crippen molar-refractivity contribution < 1.29 is 27.8 Å². The third-order valence-corrected chi connectivity index (χ3v) is 10.5. The van der Waals surface area contributed by atoms with Crippen molar-refractivity contribution in [3.8, 4) is 11.5 Å². The van der Waals surface area contributed by atoms with Gasteiger partial charge in [0.2, 0.25) is 0 Å². The van der Waals surface area contributed by atoms with Gasteiger partial charge in [-0.2, -0.15) is 0 Å². The minimum absolute atomic E-state index is 0.122. The first-order valence-electron chi connectivity index (χ1n) is 12.7. The van der Waals surface area contributed by atoms with E-state index in [0.717, 1.165) is 44.0 Å². The second-order valence-electron chi connectivity index (χ2n) is 10.4. The van der Waals surface area contributed by atoms with Crippen LogP contribution in [-0.4, -0.2) is 61.9 Å². The highest BCUT2D eigenvalue weighted by Gasteiger charge is 2.52. The Balaban J connectivity index is 1.16. The fourth-order valence-corrected chi connectivity index (χ4v) is 8.46. The summed E-state index contributed by atoms with van der Waals surface area (Å²) in [7, 11) is -1.94. The number of aliphatic hydroxyl groups excluding tert-OH is 1. The first kappa shape index (κ1) is 23.7. The van der Waals surface area contributed by atoms with E-state index in [1.165, 1.54) is 17.2 Å². The van der Waals surface area contributed by atoms with Gasteiger partial charge in [-0.1, -0.05) is 42.8 Å². The Hall–Kier alpha value is -2.68. The number of unbranched alkanes of at least 4 members (excludes halogenated alkanes) is 1. The van der Waals surface area contributed by atoms with Gasteiger partial charge in [0.05, 0.1) is 23.5 Å². The number of rotatable bonds is 6. The Bertz CT molecular complexity index is 1350.